The van der Waals surface area contributed by atoms with Crippen LogP contribution in [0.15, 0.2) is 30.6 Å². The molecule has 2 N–H and O–H groups in total. The molecule has 0 spiro atoms. The summed E-state index contributed by atoms with van der Waals surface area (Å²) in [4.78, 5) is 33.9. The van der Waals surface area contributed by atoms with Crippen molar-refractivity contribution in [3.8, 4) is 17.3 Å². The van der Waals surface area contributed by atoms with Gasteiger partial charge in [-0.05, 0) is 38.6 Å². The van der Waals surface area contributed by atoms with Crippen LogP contribution in [0.4, 0.5) is 11.5 Å². The molecule has 1 aliphatic carbocycles. The van der Waals surface area contributed by atoms with Crippen LogP contribution in [0, 0.1) is 17.2 Å². The Morgan fingerprint density at radius 1 is 1.38 bits per heavy atom. The van der Waals surface area contributed by atoms with Gasteiger partial charge in [-0.1, -0.05) is 13.0 Å². The summed E-state index contributed by atoms with van der Waals surface area (Å²) in [6.07, 6.45) is 5.79. The van der Waals surface area contributed by atoms with E-state index in [2.05, 4.69) is 26.7 Å². The van der Waals surface area contributed by atoms with Gasteiger partial charge < -0.3 is 20.3 Å². The van der Waals surface area contributed by atoms with Crippen LogP contribution < -0.4 is 10.6 Å². The van der Waals surface area contributed by atoms with Crippen LogP contribution in [0.25, 0.3) is 11.3 Å². The lowest BCUT2D eigenvalue weighted by Gasteiger charge is -2.21. The van der Waals surface area contributed by atoms with Crippen molar-refractivity contribution in [3.05, 3.63) is 36.2 Å². The normalized spacial score (nSPS) is 14.1. The van der Waals surface area contributed by atoms with Crippen LogP contribution in [-0.2, 0) is 9.59 Å². The number of hydrogen-bond acceptors (Lipinski definition) is 7. The van der Waals surface area contributed by atoms with E-state index in [1.54, 1.807) is 24.4 Å². The fraction of sp³-hybridized carbons (Fsp3) is 0.381. The second-order valence-electron chi connectivity index (χ2n) is 7.16. The Balaban J connectivity index is 1.77. The molecule has 1 heterocycles. The van der Waals surface area contributed by atoms with Crippen LogP contribution in [-0.4, -0.2) is 53.2 Å². The summed E-state index contributed by atoms with van der Waals surface area (Å²) in [6.45, 7) is 3.36. The van der Waals surface area contributed by atoms with Gasteiger partial charge in [0.05, 0.1) is 35.4 Å². The number of aromatic nitrogens is 2. The summed E-state index contributed by atoms with van der Waals surface area (Å²) in [7, 11) is 1.93. The Morgan fingerprint density at radius 2 is 2.17 bits per heavy atom. The van der Waals surface area contributed by atoms with Crippen LogP contribution >= 0.6 is 0 Å². The molecule has 1 aliphatic rings. The summed E-state index contributed by atoms with van der Waals surface area (Å²) in [5, 5.41) is 15.3. The molecule has 8 heteroatoms. The first-order valence-corrected chi connectivity index (χ1v) is 9.61. The molecule has 0 bridgehead atoms. The van der Waals surface area contributed by atoms with Crippen molar-refractivity contribution in [1.82, 2.24) is 14.9 Å². The lowest BCUT2D eigenvalue weighted by Crippen LogP contribution is -2.35. The first-order valence-electron chi connectivity index (χ1n) is 9.61. The minimum Gasteiger partial charge on any atom is -0.373 e. The third-order valence-corrected chi connectivity index (χ3v) is 4.84. The number of hydrogen-bond donors (Lipinski definition) is 2. The van der Waals surface area contributed by atoms with Crippen molar-refractivity contribution in [3.63, 3.8) is 0 Å². The zero-order chi connectivity index (χ0) is 20.8. The average Bonchev–Trinajstić information content (AvgIpc) is 3.59. The smallest absolute Gasteiger partial charge is 0.228 e. The summed E-state index contributed by atoms with van der Waals surface area (Å²) in [6, 6.07) is 6.96. The number of anilines is 2. The van der Waals surface area contributed by atoms with Crippen molar-refractivity contribution >= 4 is 23.7 Å². The Hall–Kier alpha value is -3.31. The highest BCUT2D eigenvalue weighted by Gasteiger charge is 2.29. The molecule has 1 amide bonds. The van der Waals surface area contributed by atoms with E-state index in [0.29, 0.717) is 29.3 Å². The molecule has 2 aromatic rings. The van der Waals surface area contributed by atoms with E-state index in [9.17, 15) is 14.9 Å². The molecule has 29 heavy (non-hydrogen) atoms. The number of nitriles is 1. The van der Waals surface area contributed by atoms with Gasteiger partial charge in [0.25, 0.3) is 0 Å². The van der Waals surface area contributed by atoms with Crippen LogP contribution in [0.5, 0.6) is 0 Å². The van der Waals surface area contributed by atoms with Crippen LogP contribution in [0.2, 0.25) is 0 Å². The lowest BCUT2D eigenvalue weighted by molar-refractivity contribution is -0.117. The number of nitrogens with zero attached hydrogens (tertiary/aromatic N) is 4. The number of aldehydes is 1. The minimum absolute atomic E-state index is 0.0196. The Morgan fingerprint density at radius 3 is 2.76 bits per heavy atom. The summed E-state index contributed by atoms with van der Waals surface area (Å²) in [5.41, 5.74) is 2.38. The van der Waals surface area contributed by atoms with Crippen molar-refractivity contribution < 1.29 is 9.59 Å². The molecule has 0 radical (unpaired) electrons. The quantitative estimate of drug-likeness (QED) is 0.630. The number of rotatable bonds is 9. The van der Waals surface area contributed by atoms with E-state index in [0.717, 1.165) is 31.2 Å². The van der Waals surface area contributed by atoms with E-state index >= 15 is 0 Å². The van der Waals surface area contributed by atoms with Crippen LogP contribution in [0.3, 0.4) is 0 Å². The predicted octanol–water partition coefficient (Wildman–Crippen LogP) is 2.29. The fourth-order valence-electron chi connectivity index (χ4n) is 2.82. The molecule has 0 aliphatic heterocycles. The third-order valence-electron chi connectivity index (χ3n) is 4.84. The summed E-state index contributed by atoms with van der Waals surface area (Å²) < 4.78 is 0. The molecule has 1 atom stereocenters. The monoisotopic (exact) mass is 392 g/mol. The van der Waals surface area contributed by atoms with Gasteiger partial charge in [0.1, 0.15) is 12.4 Å². The zero-order valence-electron chi connectivity index (χ0n) is 16.6. The van der Waals surface area contributed by atoms with Gasteiger partial charge in [0.15, 0.2) is 5.82 Å². The topological polar surface area (TPSA) is 111 Å². The van der Waals surface area contributed by atoms with Gasteiger partial charge in [-0.3, -0.25) is 9.78 Å². The molecule has 1 aromatic carbocycles. The average molecular weight is 392 g/mol. The van der Waals surface area contributed by atoms with Crippen molar-refractivity contribution in [2.24, 2.45) is 5.92 Å². The van der Waals surface area contributed by atoms with Gasteiger partial charge in [0.2, 0.25) is 5.91 Å². The molecule has 3 rings (SSSR count). The van der Waals surface area contributed by atoms with Crippen molar-refractivity contribution in [2.45, 2.75) is 25.8 Å². The fourth-order valence-corrected chi connectivity index (χ4v) is 2.82. The number of nitrogens with one attached hydrogen (secondary N) is 2. The molecular formula is C21H24N6O2. The van der Waals surface area contributed by atoms with Crippen molar-refractivity contribution in [1.29, 1.82) is 5.26 Å². The number of carbonyl (C=O) groups excluding carboxylic acids is 2. The first kappa shape index (κ1) is 20.4. The third kappa shape index (κ3) is 5.36. The maximum absolute atomic E-state index is 11.8. The van der Waals surface area contributed by atoms with E-state index in [4.69, 9.17) is 0 Å². The highest BCUT2D eigenvalue weighted by Crippen LogP contribution is 2.30. The number of benzene rings is 1. The maximum atomic E-state index is 11.8. The van der Waals surface area contributed by atoms with Crippen molar-refractivity contribution in [2.75, 3.05) is 30.8 Å². The van der Waals surface area contributed by atoms with E-state index in [1.165, 1.54) is 6.20 Å². The lowest BCUT2D eigenvalue weighted by atomic mass is 10.1. The molecule has 1 aromatic heterocycles. The van der Waals surface area contributed by atoms with Gasteiger partial charge >= 0.3 is 0 Å². The number of amides is 1. The van der Waals surface area contributed by atoms with Gasteiger partial charge in [-0.15, -0.1) is 0 Å². The molecule has 1 fully saturated rings. The maximum Gasteiger partial charge on any atom is 0.228 e. The molecule has 1 saturated carbocycles. The SMILES string of the molecule is CCN(C)CC(C=O)Nc1cc(-c2cnc(NC(=O)C3CC3)cn2)ccc1C#N. The van der Waals surface area contributed by atoms with E-state index in [-0.39, 0.29) is 11.8 Å². The molecule has 150 valence electrons. The second-order valence-corrected chi connectivity index (χ2v) is 7.16. The zero-order valence-corrected chi connectivity index (χ0v) is 16.6. The van der Waals surface area contributed by atoms with Gasteiger partial charge in [-0.25, -0.2) is 4.98 Å². The molecular weight excluding hydrogens is 368 g/mol. The van der Waals surface area contributed by atoms with Gasteiger partial charge in [-0.2, -0.15) is 5.26 Å². The first-order chi connectivity index (χ1) is 14.0. The standard InChI is InChI=1S/C21H24N6O2/c1-3-27(2)12-17(13-28)25-18-8-15(6-7-16(18)9-22)19-10-24-20(11-23-19)26-21(29)14-4-5-14/h6-8,10-11,13-14,17,25H,3-5,12H2,1-2H3,(H,24,26,29). The molecule has 8 nitrogen and oxygen atoms in total. The number of carbonyl (C=O) groups is 2. The number of likely N-dealkylation sites (N-methyl/N-ethyl adjacent to an activating group) is 1. The molecule has 1 unspecified atom stereocenters. The summed E-state index contributed by atoms with van der Waals surface area (Å²) >= 11 is 0. The predicted molar refractivity (Wildman–Crippen MR) is 110 cm³/mol. The Bertz CT molecular complexity index is 918. The largest absolute Gasteiger partial charge is 0.373 e. The van der Waals surface area contributed by atoms with Gasteiger partial charge in [0, 0.05) is 18.0 Å². The van der Waals surface area contributed by atoms with E-state index in [1.807, 2.05) is 18.9 Å². The highest BCUT2D eigenvalue weighted by atomic mass is 16.2. The minimum atomic E-state index is -0.437. The Labute approximate surface area is 170 Å². The Kier molecular flexibility index (Phi) is 6.52. The highest BCUT2D eigenvalue weighted by molar-refractivity contribution is 5.93. The molecule has 0 saturated heterocycles. The summed E-state index contributed by atoms with van der Waals surface area (Å²) in [5.74, 6) is 0.497. The van der Waals surface area contributed by atoms with E-state index < -0.39 is 6.04 Å². The van der Waals surface area contributed by atoms with Crippen LogP contribution in [0.1, 0.15) is 25.3 Å². The second kappa shape index (κ2) is 9.26.